The molecule has 0 fully saturated rings. The molecule has 0 saturated carbocycles. The summed E-state index contributed by atoms with van der Waals surface area (Å²) in [4.78, 5) is 24.4. The van der Waals surface area contributed by atoms with Crippen LogP contribution in [0.5, 0.6) is 11.5 Å². The Morgan fingerprint density at radius 2 is 1.66 bits per heavy atom. The quantitative estimate of drug-likeness (QED) is 0.302. The van der Waals surface area contributed by atoms with Gasteiger partial charge in [-0.3, -0.25) is 9.48 Å². The fraction of sp³-hybridized carbons (Fsp3) is 0.286. The van der Waals surface area contributed by atoms with Crippen LogP contribution in [0.3, 0.4) is 0 Å². The summed E-state index contributed by atoms with van der Waals surface area (Å²) in [5, 5.41) is 10.7. The Morgan fingerprint density at radius 3 is 2.32 bits per heavy atom. The largest absolute Gasteiger partial charge is 0.497 e. The van der Waals surface area contributed by atoms with E-state index >= 15 is 0 Å². The van der Waals surface area contributed by atoms with Crippen LogP contribution in [0.2, 0.25) is 0 Å². The van der Waals surface area contributed by atoms with Crippen molar-refractivity contribution in [3.05, 3.63) is 66.0 Å². The third-order valence-corrected chi connectivity index (χ3v) is 6.12. The maximum atomic E-state index is 13.1. The van der Waals surface area contributed by atoms with Crippen LogP contribution >= 0.6 is 0 Å². The summed E-state index contributed by atoms with van der Waals surface area (Å²) in [6, 6.07) is 16.5. The first-order valence-electron chi connectivity index (χ1n) is 12.4. The number of aromatic nitrogens is 4. The van der Waals surface area contributed by atoms with Gasteiger partial charge in [-0.2, -0.15) is 10.1 Å². The first kappa shape index (κ1) is 26.5. The molecule has 2 heterocycles. The zero-order valence-corrected chi connectivity index (χ0v) is 22.6. The molecule has 198 valence electrons. The van der Waals surface area contributed by atoms with Crippen molar-refractivity contribution in [3.63, 3.8) is 0 Å². The molecule has 2 aromatic carbocycles. The predicted octanol–water partition coefficient (Wildman–Crippen LogP) is 5.04. The number of methoxy groups -OCH3 is 2. The number of aryl methyl sites for hydroxylation is 2. The number of nitrogens with zero attached hydrogens (tertiary/aromatic N) is 5. The monoisotopic (exact) mass is 515 g/mol. The molecule has 38 heavy (non-hydrogen) atoms. The molecule has 10 heteroatoms. The Labute approximate surface area is 222 Å². The number of nitrogens with one attached hydrogen (secondary N) is 2. The van der Waals surface area contributed by atoms with E-state index in [1.165, 1.54) is 0 Å². The molecule has 0 spiro atoms. The lowest BCUT2D eigenvalue weighted by Crippen LogP contribution is -2.23. The lowest BCUT2D eigenvalue weighted by Gasteiger charge is -2.20. The molecule has 0 radical (unpaired) electrons. The van der Waals surface area contributed by atoms with E-state index in [-0.39, 0.29) is 5.91 Å². The van der Waals surface area contributed by atoms with Gasteiger partial charge in [-0.05, 0) is 69.3 Å². The lowest BCUT2D eigenvalue weighted by molar-refractivity contribution is 0.101. The van der Waals surface area contributed by atoms with Crippen LogP contribution < -0.4 is 25.0 Å². The van der Waals surface area contributed by atoms with E-state index in [1.54, 1.807) is 32.0 Å². The smallest absolute Gasteiger partial charge is 0.273 e. The number of amides is 1. The molecule has 2 aromatic heterocycles. The minimum atomic E-state index is -0.278. The molecule has 10 nitrogen and oxygen atoms in total. The number of carbonyl (C=O) groups excluding carboxylic acids is 1. The maximum absolute atomic E-state index is 13.1. The van der Waals surface area contributed by atoms with Gasteiger partial charge in [0, 0.05) is 48.8 Å². The lowest BCUT2D eigenvalue weighted by atomic mass is 10.1. The maximum Gasteiger partial charge on any atom is 0.273 e. The van der Waals surface area contributed by atoms with Crippen molar-refractivity contribution in [1.82, 2.24) is 19.7 Å². The summed E-state index contributed by atoms with van der Waals surface area (Å²) in [5.41, 5.74) is 4.09. The van der Waals surface area contributed by atoms with Gasteiger partial charge in [0.2, 0.25) is 5.95 Å². The Morgan fingerprint density at radius 1 is 0.947 bits per heavy atom. The number of hydrogen-bond donors (Lipinski definition) is 2. The van der Waals surface area contributed by atoms with E-state index in [9.17, 15) is 4.79 Å². The minimum absolute atomic E-state index is 0.278. The molecule has 0 bridgehead atoms. The normalized spacial score (nSPS) is 10.7. The van der Waals surface area contributed by atoms with Crippen molar-refractivity contribution >= 4 is 29.0 Å². The van der Waals surface area contributed by atoms with Crippen molar-refractivity contribution in [2.24, 2.45) is 7.05 Å². The van der Waals surface area contributed by atoms with Crippen LogP contribution in [0, 0.1) is 6.92 Å². The van der Waals surface area contributed by atoms with Crippen LogP contribution in [0.25, 0.3) is 11.3 Å². The van der Waals surface area contributed by atoms with Gasteiger partial charge in [-0.25, -0.2) is 4.98 Å². The van der Waals surface area contributed by atoms with Gasteiger partial charge >= 0.3 is 0 Å². The number of benzene rings is 2. The molecule has 0 aliphatic heterocycles. The van der Waals surface area contributed by atoms with E-state index < -0.39 is 0 Å². The zero-order chi connectivity index (χ0) is 27.2. The molecule has 0 unspecified atom stereocenters. The van der Waals surface area contributed by atoms with E-state index in [2.05, 4.69) is 44.4 Å². The summed E-state index contributed by atoms with van der Waals surface area (Å²) in [6.07, 6.45) is 0. The number of hydrogen-bond acceptors (Lipinski definition) is 8. The zero-order valence-electron chi connectivity index (χ0n) is 22.6. The number of anilines is 4. The van der Waals surface area contributed by atoms with Crippen molar-refractivity contribution in [2.75, 3.05) is 42.8 Å². The van der Waals surface area contributed by atoms with Crippen LogP contribution in [-0.2, 0) is 7.05 Å². The molecular weight excluding hydrogens is 482 g/mol. The second-order valence-electron chi connectivity index (χ2n) is 8.62. The average molecular weight is 516 g/mol. The van der Waals surface area contributed by atoms with Gasteiger partial charge in [-0.1, -0.05) is 0 Å². The highest BCUT2D eigenvalue weighted by molar-refractivity contribution is 6.03. The summed E-state index contributed by atoms with van der Waals surface area (Å²) in [5.74, 6) is 2.45. The average Bonchev–Trinajstić information content (AvgIpc) is 3.31. The molecule has 2 N–H and O–H groups in total. The van der Waals surface area contributed by atoms with Crippen LogP contribution in [-0.4, -0.2) is 53.0 Å². The van der Waals surface area contributed by atoms with E-state index in [4.69, 9.17) is 9.47 Å². The molecule has 0 atom stereocenters. The third kappa shape index (κ3) is 5.86. The van der Waals surface area contributed by atoms with Crippen molar-refractivity contribution < 1.29 is 14.3 Å². The van der Waals surface area contributed by atoms with Crippen LogP contribution in [0.15, 0.2) is 54.6 Å². The summed E-state index contributed by atoms with van der Waals surface area (Å²) >= 11 is 0. The first-order valence-corrected chi connectivity index (χ1v) is 12.4. The third-order valence-electron chi connectivity index (χ3n) is 6.12. The Balaban J connectivity index is 1.48. The standard InChI is InChI=1S/C28H33N7O3/c1-7-35(8-2)26-15-18(3)29-28(32-26)31-20-11-9-19(10-12-20)30-27(36)24-17-23(33-34(24)4)22-16-21(37-5)13-14-25(22)38-6/h9-17H,7-8H2,1-6H3,(H,30,36)(H,29,31,32). The second-order valence-corrected chi connectivity index (χ2v) is 8.62. The van der Waals surface area contributed by atoms with Crippen molar-refractivity contribution in [1.29, 1.82) is 0 Å². The molecule has 0 saturated heterocycles. The van der Waals surface area contributed by atoms with E-state index in [0.717, 1.165) is 35.9 Å². The van der Waals surface area contributed by atoms with Crippen LogP contribution in [0.1, 0.15) is 30.0 Å². The molecule has 1 amide bonds. The van der Waals surface area contributed by atoms with Gasteiger partial charge in [-0.15, -0.1) is 0 Å². The highest BCUT2D eigenvalue weighted by Gasteiger charge is 2.18. The Kier molecular flexibility index (Phi) is 8.10. The minimum Gasteiger partial charge on any atom is -0.497 e. The molecule has 0 aliphatic rings. The van der Waals surface area contributed by atoms with Gasteiger partial charge in [0.1, 0.15) is 23.0 Å². The van der Waals surface area contributed by atoms with Crippen LogP contribution in [0.4, 0.5) is 23.1 Å². The second kappa shape index (κ2) is 11.6. The highest BCUT2D eigenvalue weighted by atomic mass is 16.5. The van der Waals surface area contributed by atoms with Crippen molar-refractivity contribution in [2.45, 2.75) is 20.8 Å². The Bertz CT molecular complexity index is 1410. The van der Waals surface area contributed by atoms with Gasteiger partial charge < -0.3 is 25.0 Å². The van der Waals surface area contributed by atoms with E-state index in [0.29, 0.717) is 34.5 Å². The SMILES string of the molecule is CCN(CC)c1cc(C)nc(Nc2ccc(NC(=O)c3cc(-c4cc(OC)ccc4OC)nn3C)cc2)n1. The number of ether oxygens (including phenoxy) is 2. The summed E-state index contributed by atoms with van der Waals surface area (Å²) in [7, 11) is 4.92. The number of rotatable bonds is 10. The Hall–Kier alpha value is -4.60. The van der Waals surface area contributed by atoms with Crippen molar-refractivity contribution in [3.8, 4) is 22.8 Å². The predicted molar refractivity (Wildman–Crippen MR) is 150 cm³/mol. The molecule has 4 rings (SSSR count). The van der Waals surface area contributed by atoms with Gasteiger partial charge in [0.15, 0.2) is 0 Å². The summed E-state index contributed by atoms with van der Waals surface area (Å²) in [6.45, 7) is 7.89. The summed E-state index contributed by atoms with van der Waals surface area (Å²) < 4.78 is 12.3. The highest BCUT2D eigenvalue weighted by Crippen LogP contribution is 2.33. The molecule has 4 aromatic rings. The number of carbonyl (C=O) groups is 1. The van der Waals surface area contributed by atoms with Gasteiger partial charge in [0.25, 0.3) is 5.91 Å². The fourth-order valence-corrected chi connectivity index (χ4v) is 4.10. The first-order chi connectivity index (χ1) is 18.3. The molecule has 0 aliphatic carbocycles. The molecular formula is C28H33N7O3. The van der Waals surface area contributed by atoms with E-state index in [1.807, 2.05) is 55.5 Å². The van der Waals surface area contributed by atoms with Gasteiger partial charge in [0.05, 0.1) is 19.9 Å². The topological polar surface area (TPSA) is 106 Å². The fourth-order valence-electron chi connectivity index (χ4n) is 4.10.